The van der Waals surface area contributed by atoms with Crippen molar-refractivity contribution in [2.45, 2.75) is 6.10 Å². The van der Waals surface area contributed by atoms with Gasteiger partial charge < -0.3 is 25.0 Å². The molecule has 1 atom stereocenters. The van der Waals surface area contributed by atoms with Gasteiger partial charge in [-0.1, -0.05) is 0 Å². The molecule has 4 rings (SSSR count). The van der Waals surface area contributed by atoms with Crippen molar-refractivity contribution in [2.24, 2.45) is 0 Å². The number of nitrogens with one attached hydrogen (secondary N) is 1. The van der Waals surface area contributed by atoms with Crippen molar-refractivity contribution in [3.8, 4) is 28.4 Å². The van der Waals surface area contributed by atoms with Crippen LogP contribution in [0.1, 0.15) is 10.5 Å². The van der Waals surface area contributed by atoms with E-state index in [-0.39, 0.29) is 18.4 Å². The highest BCUT2D eigenvalue weighted by atomic mass is 35.5. The van der Waals surface area contributed by atoms with Crippen LogP contribution in [0.25, 0.3) is 16.9 Å². The number of carboxylic acids is 1. The van der Waals surface area contributed by atoms with Crippen LogP contribution in [0.5, 0.6) is 11.5 Å². The highest BCUT2D eigenvalue weighted by Gasteiger charge is 2.19. The lowest BCUT2D eigenvalue weighted by Crippen LogP contribution is -2.20. The molecule has 2 aromatic carbocycles. The second kappa shape index (κ2) is 8.02. The Hall–Kier alpha value is -3.23. The number of benzene rings is 2. The van der Waals surface area contributed by atoms with Crippen LogP contribution in [-0.2, 0) is 0 Å². The van der Waals surface area contributed by atoms with E-state index in [1.807, 2.05) is 30.3 Å². The Bertz CT molecular complexity index is 1040. The number of hydrogen-bond acceptors (Lipinski definition) is 6. The highest BCUT2D eigenvalue weighted by molar-refractivity contribution is 6.18. The van der Waals surface area contributed by atoms with Crippen LogP contribution in [0.3, 0.4) is 0 Å². The van der Waals surface area contributed by atoms with E-state index < -0.39 is 12.1 Å². The van der Waals surface area contributed by atoms with Gasteiger partial charge in [0.15, 0.2) is 17.2 Å². The number of rotatable bonds is 7. The number of carboxylic acid groups (broad SMARTS) is 1. The number of aliphatic hydroxyl groups excluding tert-OH is 1. The predicted octanol–water partition coefficient (Wildman–Crippen LogP) is 2.98. The molecule has 0 radical (unpaired) electrons. The van der Waals surface area contributed by atoms with E-state index in [4.69, 9.17) is 21.1 Å². The standard InChI is InChI=1S/C20H18ClN3O5/c21-9-15(25)10-22-13-2-4-14(5-3-13)24-17(8-16(23-24)20(26)27)12-1-6-18-19(7-12)29-11-28-18/h1-8,15,22,25H,9-11H2,(H,26,27). The van der Waals surface area contributed by atoms with Crippen LogP contribution >= 0.6 is 11.6 Å². The third kappa shape index (κ3) is 3.98. The smallest absolute Gasteiger partial charge is 0.356 e. The van der Waals surface area contributed by atoms with E-state index in [9.17, 15) is 15.0 Å². The molecule has 0 aliphatic carbocycles. The molecule has 1 aromatic heterocycles. The predicted molar refractivity (Wildman–Crippen MR) is 107 cm³/mol. The first-order valence-electron chi connectivity index (χ1n) is 8.87. The molecule has 0 bridgehead atoms. The van der Waals surface area contributed by atoms with Crippen LogP contribution in [0, 0.1) is 0 Å². The quantitative estimate of drug-likeness (QED) is 0.509. The molecule has 1 unspecified atom stereocenters. The number of nitrogens with zero attached hydrogens (tertiary/aromatic N) is 2. The third-order valence-corrected chi connectivity index (χ3v) is 4.78. The molecule has 1 aliphatic rings. The van der Waals surface area contributed by atoms with Gasteiger partial charge in [-0.15, -0.1) is 11.6 Å². The maximum atomic E-state index is 11.5. The molecule has 29 heavy (non-hydrogen) atoms. The Labute approximate surface area is 171 Å². The Balaban J connectivity index is 1.67. The number of fused-ring (bicyclic) bond motifs is 1. The number of aliphatic hydroxyl groups is 1. The number of alkyl halides is 1. The topological polar surface area (TPSA) is 106 Å². The number of carbonyl (C=O) groups is 1. The summed E-state index contributed by atoms with van der Waals surface area (Å²) in [5.74, 6) is 0.284. The second-order valence-electron chi connectivity index (χ2n) is 6.44. The minimum atomic E-state index is -1.11. The zero-order valence-electron chi connectivity index (χ0n) is 15.2. The van der Waals surface area contributed by atoms with E-state index in [0.29, 0.717) is 29.4 Å². The summed E-state index contributed by atoms with van der Waals surface area (Å²) >= 11 is 5.60. The maximum absolute atomic E-state index is 11.5. The van der Waals surface area contributed by atoms with Crippen LogP contribution in [-0.4, -0.2) is 51.3 Å². The molecule has 1 aliphatic heterocycles. The molecule has 0 saturated heterocycles. The van der Waals surface area contributed by atoms with Gasteiger partial charge >= 0.3 is 5.97 Å². The van der Waals surface area contributed by atoms with Gasteiger partial charge in [-0.2, -0.15) is 5.10 Å². The monoisotopic (exact) mass is 415 g/mol. The summed E-state index contributed by atoms with van der Waals surface area (Å²) in [5.41, 5.74) is 2.78. The van der Waals surface area contributed by atoms with Gasteiger partial charge in [0, 0.05) is 17.8 Å². The highest BCUT2D eigenvalue weighted by Crippen LogP contribution is 2.36. The normalized spacial score (nSPS) is 13.3. The summed E-state index contributed by atoms with van der Waals surface area (Å²) in [5, 5.41) is 26.3. The van der Waals surface area contributed by atoms with E-state index in [1.165, 1.54) is 6.07 Å². The minimum Gasteiger partial charge on any atom is -0.476 e. The Morgan fingerprint density at radius 1 is 1.17 bits per heavy atom. The lowest BCUT2D eigenvalue weighted by molar-refractivity contribution is 0.0690. The number of hydrogen-bond donors (Lipinski definition) is 3. The summed E-state index contributed by atoms with van der Waals surface area (Å²) < 4.78 is 12.3. The first-order chi connectivity index (χ1) is 14.0. The fraction of sp³-hybridized carbons (Fsp3) is 0.200. The second-order valence-corrected chi connectivity index (χ2v) is 6.74. The molecule has 3 aromatic rings. The minimum absolute atomic E-state index is 0.0647. The summed E-state index contributed by atoms with van der Waals surface area (Å²) in [6.07, 6.45) is -0.641. The first kappa shape index (κ1) is 19.1. The van der Waals surface area contributed by atoms with Crippen LogP contribution in [0.2, 0.25) is 0 Å². The van der Waals surface area contributed by atoms with Gasteiger partial charge in [-0.3, -0.25) is 0 Å². The summed E-state index contributed by atoms with van der Waals surface area (Å²) in [7, 11) is 0. The number of aromatic nitrogens is 2. The lowest BCUT2D eigenvalue weighted by Gasteiger charge is -2.12. The van der Waals surface area contributed by atoms with E-state index in [0.717, 1.165) is 11.3 Å². The van der Waals surface area contributed by atoms with Crippen LogP contribution in [0.15, 0.2) is 48.5 Å². The largest absolute Gasteiger partial charge is 0.476 e. The van der Waals surface area contributed by atoms with Crippen LogP contribution in [0.4, 0.5) is 5.69 Å². The van der Waals surface area contributed by atoms with Crippen molar-refractivity contribution in [1.29, 1.82) is 0 Å². The third-order valence-electron chi connectivity index (χ3n) is 4.43. The van der Waals surface area contributed by atoms with Gasteiger partial charge in [0.25, 0.3) is 0 Å². The number of ether oxygens (including phenoxy) is 2. The molecule has 3 N–H and O–H groups in total. The first-order valence-corrected chi connectivity index (χ1v) is 9.40. The molecule has 2 heterocycles. The van der Waals surface area contributed by atoms with Gasteiger partial charge in [-0.25, -0.2) is 9.48 Å². The average Bonchev–Trinajstić information content (AvgIpc) is 3.39. The lowest BCUT2D eigenvalue weighted by atomic mass is 10.1. The summed E-state index contributed by atoms with van der Waals surface area (Å²) in [4.78, 5) is 11.5. The Kier molecular flexibility index (Phi) is 5.28. The zero-order chi connectivity index (χ0) is 20.4. The molecular weight excluding hydrogens is 398 g/mol. The van der Waals surface area contributed by atoms with Gasteiger partial charge in [0.1, 0.15) is 0 Å². The zero-order valence-corrected chi connectivity index (χ0v) is 16.0. The molecule has 150 valence electrons. The maximum Gasteiger partial charge on any atom is 0.356 e. The Morgan fingerprint density at radius 2 is 1.93 bits per heavy atom. The molecule has 9 heteroatoms. The number of halogens is 1. The molecule has 0 saturated carbocycles. The van der Waals surface area contributed by atoms with Gasteiger partial charge in [0.2, 0.25) is 6.79 Å². The van der Waals surface area contributed by atoms with Crippen molar-refractivity contribution < 1.29 is 24.5 Å². The summed E-state index contributed by atoms with van der Waals surface area (Å²) in [6.45, 7) is 0.488. The van der Waals surface area contributed by atoms with E-state index in [2.05, 4.69) is 10.4 Å². The number of anilines is 1. The van der Waals surface area contributed by atoms with Gasteiger partial charge in [-0.05, 0) is 48.5 Å². The fourth-order valence-electron chi connectivity index (χ4n) is 2.95. The number of aromatic carboxylic acids is 1. The van der Waals surface area contributed by atoms with Crippen molar-refractivity contribution in [2.75, 3.05) is 24.5 Å². The van der Waals surface area contributed by atoms with Crippen LogP contribution < -0.4 is 14.8 Å². The molecule has 0 spiro atoms. The molecule has 8 nitrogen and oxygen atoms in total. The fourth-order valence-corrected chi connectivity index (χ4v) is 3.06. The molecule has 0 amide bonds. The average molecular weight is 416 g/mol. The SMILES string of the molecule is O=C(O)c1cc(-c2ccc3c(c2)OCO3)n(-c2ccc(NCC(O)CCl)cc2)n1. The van der Waals surface area contributed by atoms with Crippen molar-refractivity contribution in [3.63, 3.8) is 0 Å². The molecule has 0 fully saturated rings. The summed E-state index contributed by atoms with van der Waals surface area (Å²) in [6, 6.07) is 14.2. The van der Waals surface area contributed by atoms with Crippen molar-refractivity contribution >= 4 is 23.3 Å². The van der Waals surface area contributed by atoms with E-state index in [1.54, 1.807) is 16.8 Å². The van der Waals surface area contributed by atoms with Crippen molar-refractivity contribution in [1.82, 2.24) is 9.78 Å². The van der Waals surface area contributed by atoms with Crippen molar-refractivity contribution in [3.05, 3.63) is 54.2 Å². The molecular formula is C20H18ClN3O5. The van der Waals surface area contributed by atoms with Gasteiger partial charge in [0.05, 0.1) is 23.4 Å². The van der Waals surface area contributed by atoms with E-state index >= 15 is 0 Å². The Morgan fingerprint density at radius 3 is 2.66 bits per heavy atom.